The van der Waals surface area contributed by atoms with Crippen molar-refractivity contribution in [2.75, 3.05) is 44.7 Å². The molecule has 0 atom stereocenters. The van der Waals surface area contributed by atoms with Gasteiger partial charge in [0.1, 0.15) is 17.1 Å². The molecule has 0 bridgehead atoms. The molecule has 0 amide bonds. The van der Waals surface area contributed by atoms with E-state index in [-0.39, 0.29) is 23.6 Å². The number of piperazine rings is 1. The highest BCUT2D eigenvalue weighted by molar-refractivity contribution is 6.06. The standard InChI is InChI=1S/C30H30N2O4.ClH/c1-21-28(34)24-12-8-11-23(30(24)36-29(21)22-9-4-3-5-10-22)26(33)15-16-31-17-19-32(20-18-31)25-13-6-7-14-27(25)35-2;/h3-14H,15-20H2,1-2H3;1H. The normalized spacial score (nSPS) is 13.8. The number of nitrogens with zero attached hydrogens (tertiary/aromatic N) is 2. The third kappa shape index (κ3) is 5.41. The molecule has 0 unspecified atom stereocenters. The number of anilines is 1. The molecule has 7 heteroatoms. The van der Waals surface area contributed by atoms with Gasteiger partial charge in [-0.1, -0.05) is 48.5 Å². The van der Waals surface area contributed by atoms with Gasteiger partial charge in [-0.25, -0.2) is 0 Å². The minimum absolute atomic E-state index is 0. The fraction of sp³-hybridized carbons (Fsp3) is 0.267. The number of carbonyl (C=O) groups excluding carboxylic acids is 1. The lowest BCUT2D eigenvalue weighted by Crippen LogP contribution is -2.47. The van der Waals surface area contributed by atoms with Crippen molar-refractivity contribution < 1.29 is 13.9 Å². The highest BCUT2D eigenvalue weighted by Gasteiger charge is 2.22. The predicted molar refractivity (Wildman–Crippen MR) is 150 cm³/mol. The minimum atomic E-state index is -0.0998. The summed E-state index contributed by atoms with van der Waals surface area (Å²) in [5.74, 6) is 1.38. The monoisotopic (exact) mass is 518 g/mol. The highest BCUT2D eigenvalue weighted by Crippen LogP contribution is 2.29. The second kappa shape index (κ2) is 11.6. The number of ether oxygens (including phenoxy) is 1. The van der Waals surface area contributed by atoms with Crippen LogP contribution in [0.2, 0.25) is 0 Å². The van der Waals surface area contributed by atoms with E-state index in [1.54, 1.807) is 32.2 Å². The van der Waals surface area contributed by atoms with Crippen molar-refractivity contribution in [1.82, 2.24) is 4.90 Å². The van der Waals surface area contributed by atoms with Crippen molar-refractivity contribution in [3.8, 4) is 17.1 Å². The molecule has 0 aliphatic carbocycles. The first kappa shape index (κ1) is 26.5. The van der Waals surface area contributed by atoms with Crippen LogP contribution in [0.4, 0.5) is 5.69 Å². The molecule has 4 aromatic rings. The summed E-state index contributed by atoms with van der Waals surface area (Å²) < 4.78 is 11.7. The van der Waals surface area contributed by atoms with Crippen LogP contribution >= 0.6 is 12.4 Å². The molecule has 1 fully saturated rings. The molecule has 3 aromatic carbocycles. The summed E-state index contributed by atoms with van der Waals surface area (Å²) in [4.78, 5) is 31.0. The van der Waals surface area contributed by atoms with E-state index in [0.717, 1.165) is 43.2 Å². The maximum absolute atomic E-state index is 13.3. The molecule has 0 N–H and O–H groups in total. The number of hydrogen-bond donors (Lipinski definition) is 0. The van der Waals surface area contributed by atoms with Crippen LogP contribution in [0, 0.1) is 6.92 Å². The second-order valence-electron chi connectivity index (χ2n) is 9.11. The molecule has 5 rings (SSSR count). The molecule has 0 radical (unpaired) electrons. The first-order valence-electron chi connectivity index (χ1n) is 12.3. The summed E-state index contributed by atoms with van der Waals surface area (Å²) in [7, 11) is 1.69. The van der Waals surface area contributed by atoms with Gasteiger partial charge in [0.25, 0.3) is 0 Å². The Morgan fingerprint density at radius 2 is 1.62 bits per heavy atom. The van der Waals surface area contributed by atoms with Gasteiger partial charge in [-0.15, -0.1) is 12.4 Å². The van der Waals surface area contributed by atoms with E-state index in [1.807, 2.05) is 48.5 Å². The topological polar surface area (TPSA) is 63.0 Å². The van der Waals surface area contributed by atoms with Crippen molar-refractivity contribution in [2.45, 2.75) is 13.3 Å². The third-order valence-corrected chi connectivity index (χ3v) is 6.93. The lowest BCUT2D eigenvalue weighted by Gasteiger charge is -2.36. The summed E-state index contributed by atoms with van der Waals surface area (Å²) in [6.07, 6.45) is 0.367. The molecule has 1 aromatic heterocycles. The predicted octanol–water partition coefficient (Wildman–Crippen LogP) is 5.59. The molecule has 1 aliphatic heterocycles. The number of fused-ring (bicyclic) bond motifs is 1. The average Bonchev–Trinajstić information content (AvgIpc) is 2.94. The van der Waals surface area contributed by atoms with Gasteiger partial charge in [0.05, 0.1) is 23.7 Å². The van der Waals surface area contributed by atoms with Gasteiger partial charge < -0.3 is 14.1 Å². The summed E-state index contributed by atoms with van der Waals surface area (Å²) in [5.41, 5.74) is 3.21. The Kier molecular flexibility index (Phi) is 8.31. The average molecular weight is 519 g/mol. The zero-order valence-corrected chi connectivity index (χ0v) is 21.9. The minimum Gasteiger partial charge on any atom is -0.495 e. The van der Waals surface area contributed by atoms with Crippen molar-refractivity contribution in [2.24, 2.45) is 0 Å². The molecule has 0 saturated carbocycles. The summed E-state index contributed by atoms with van der Waals surface area (Å²) in [6.45, 7) is 5.92. The van der Waals surface area contributed by atoms with E-state index in [1.165, 1.54) is 0 Å². The number of Topliss-reactive ketones (excluding diaryl/α,β-unsaturated/α-hetero) is 1. The van der Waals surface area contributed by atoms with Crippen molar-refractivity contribution >= 4 is 34.8 Å². The van der Waals surface area contributed by atoms with Crippen molar-refractivity contribution in [1.29, 1.82) is 0 Å². The van der Waals surface area contributed by atoms with E-state index in [4.69, 9.17) is 9.15 Å². The Hall–Kier alpha value is -3.61. The summed E-state index contributed by atoms with van der Waals surface area (Å²) in [5, 5.41) is 0.448. The Morgan fingerprint density at radius 1 is 0.919 bits per heavy atom. The fourth-order valence-electron chi connectivity index (χ4n) is 4.89. The van der Waals surface area contributed by atoms with Gasteiger partial charge in [-0.05, 0) is 31.2 Å². The van der Waals surface area contributed by atoms with E-state index < -0.39 is 0 Å². The number of carbonyl (C=O) groups is 1. The van der Waals surface area contributed by atoms with Crippen molar-refractivity contribution in [3.05, 3.63) is 94.1 Å². The number of para-hydroxylation sites is 3. The zero-order valence-electron chi connectivity index (χ0n) is 21.1. The number of benzene rings is 3. The molecular weight excluding hydrogens is 488 g/mol. The van der Waals surface area contributed by atoms with Gasteiger partial charge >= 0.3 is 0 Å². The first-order chi connectivity index (χ1) is 17.6. The Balaban J connectivity index is 0.00000320. The van der Waals surface area contributed by atoms with Gasteiger partial charge in [-0.3, -0.25) is 14.5 Å². The van der Waals surface area contributed by atoms with Crippen LogP contribution in [0.15, 0.2) is 82.0 Å². The number of rotatable bonds is 7. The molecule has 37 heavy (non-hydrogen) atoms. The largest absolute Gasteiger partial charge is 0.495 e. The van der Waals surface area contributed by atoms with E-state index >= 15 is 0 Å². The third-order valence-electron chi connectivity index (χ3n) is 6.93. The maximum atomic E-state index is 13.3. The van der Waals surface area contributed by atoms with Crippen LogP contribution in [-0.4, -0.2) is 50.5 Å². The number of methoxy groups -OCH3 is 1. The van der Waals surface area contributed by atoms with Crippen molar-refractivity contribution in [3.63, 3.8) is 0 Å². The number of hydrogen-bond acceptors (Lipinski definition) is 6. The van der Waals surface area contributed by atoms with Gasteiger partial charge in [0.2, 0.25) is 0 Å². The SMILES string of the molecule is COc1ccccc1N1CCN(CCC(=O)c2cccc3c(=O)c(C)c(-c4ccccc4)oc23)CC1.Cl. The van der Waals surface area contributed by atoms with Crippen LogP contribution in [-0.2, 0) is 0 Å². The first-order valence-corrected chi connectivity index (χ1v) is 12.3. The maximum Gasteiger partial charge on any atom is 0.196 e. The van der Waals surface area contributed by atoms with Crippen LogP contribution in [0.25, 0.3) is 22.3 Å². The van der Waals surface area contributed by atoms with Gasteiger partial charge in [0, 0.05) is 50.3 Å². The molecule has 2 heterocycles. The quantitative estimate of drug-likeness (QED) is 0.297. The molecule has 6 nitrogen and oxygen atoms in total. The lowest BCUT2D eigenvalue weighted by atomic mass is 10.0. The summed E-state index contributed by atoms with van der Waals surface area (Å²) >= 11 is 0. The van der Waals surface area contributed by atoms with E-state index in [9.17, 15) is 9.59 Å². The second-order valence-corrected chi connectivity index (χ2v) is 9.11. The highest BCUT2D eigenvalue weighted by atomic mass is 35.5. The Bertz CT molecular complexity index is 1440. The summed E-state index contributed by atoms with van der Waals surface area (Å²) in [6, 6.07) is 22.9. The van der Waals surface area contributed by atoms with Gasteiger partial charge in [-0.2, -0.15) is 0 Å². The molecule has 192 valence electrons. The Labute approximate surface area is 222 Å². The number of halogens is 1. The van der Waals surface area contributed by atoms with E-state index in [2.05, 4.69) is 15.9 Å². The van der Waals surface area contributed by atoms with E-state index in [0.29, 0.717) is 40.8 Å². The Morgan fingerprint density at radius 3 is 2.35 bits per heavy atom. The molecule has 0 spiro atoms. The lowest BCUT2D eigenvalue weighted by molar-refractivity contribution is 0.0963. The zero-order chi connectivity index (χ0) is 25.1. The van der Waals surface area contributed by atoms with Crippen LogP contribution in [0.1, 0.15) is 22.3 Å². The molecule has 1 saturated heterocycles. The van der Waals surface area contributed by atoms with Crippen LogP contribution in [0.3, 0.4) is 0 Å². The number of ketones is 1. The van der Waals surface area contributed by atoms with Gasteiger partial charge in [0.15, 0.2) is 11.2 Å². The fourth-order valence-corrected chi connectivity index (χ4v) is 4.89. The smallest absolute Gasteiger partial charge is 0.196 e. The molecule has 1 aliphatic rings. The molecular formula is C30H31ClN2O4. The van der Waals surface area contributed by atoms with Crippen LogP contribution in [0.5, 0.6) is 5.75 Å². The van der Waals surface area contributed by atoms with Crippen LogP contribution < -0.4 is 15.1 Å².